The molecule has 3 aromatic rings. The van der Waals surface area contributed by atoms with Crippen molar-refractivity contribution < 1.29 is 22.8 Å². The number of aromatic nitrogens is 3. The van der Waals surface area contributed by atoms with Gasteiger partial charge in [-0.25, -0.2) is 9.50 Å². The molecule has 6 heterocycles. The Balaban J connectivity index is 1.32. The van der Waals surface area contributed by atoms with Gasteiger partial charge in [0.1, 0.15) is 11.9 Å². The van der Waals surface area contributed by atoms with Crippen molar-refractivity contribution in [1.82, 2.24) is 29.7 Å². The maximum absolute atomic E-state index is 13.6. The largest absolute Gasteiger partial charge is 0.408 e. The van der Waals surface area contributed by atoms with Crippen molar-refractivity contribution >= 4 is 28.7 Å². The summed E-state index contributed by atoms with van der Waals surface area (Å²) in [6.45, 7) is 3.12. The molecule has 0 radical (unpaired) electrons. The molecule has 0 spiro atoms. The molecule has 6 rings (SSSR count). The smallest absolute Gasteiger partial charge is 0.366 e. The molecule has 9 nitrogen and oxygen atoms in total. The Bertz CT molecular complexity index is 1480. The van der Waals surface area contributed by atoms with Crippen LogP contribution in [0.2, 0.25) is 0 Å². The Morgan fingerprint density at radius 1 is 1.15 bits per heavy atom. The van der Waals surface area contributed by atoms with Gasteiger partial charge in [0.25, 0.3) is 11.8 Å². The lowest BCUT2D eigenvalue weighted by Gasteiger charge is -2.39. The number of likely N-dealkylation sites (N-methyl/N-ethyl adjacent to an activating group) is 1. The lowest BCUT2D eigenvalue weighted by Crippen LogP contribution is -2.54. The molecular formula is C27H28F3N7O2. The van der Waals surface area contributed by atoms with Crippen LogP contribution in [-0.2, 0) is 0 Å². The zero-order valence-electron chi connectivity index (χ0n) is 21.5. The van der Waals surface area contributed by atoms with Gasteiger partial charge >= 0.3 is 6.18 Å². The number of hydrogen-bond acceptors (Lipinski definition) is 6. The van der Waals surface area contributed by atoms with E-state index in [9.17, 15) is 22.8 Å². The fourth-order valence-corrected chi connectivity index (χ4v) is 5.83. The third-order valence-electron chi connectivity index (χ3n) is 7.82. The van der Waals surface area contributed by atoms with E-state index in [1.807, 2.05) is 28.4 Å². The summed E-state index contributed by atoms with van der Waals surface area (Å²) in [6, 6.07) is 3.77. The molecule has 39 heavy (non-hydrogen) atoms. The SMILES string of the molecule is C[C@@H](NC(=O)c1cnn2ccc(C3=CCNc4ncc(C(=O)N5C6CCC5CN(C)C6)cc43)cc12)C(F)(F)F. The van der Waals surface area contributed by atoms with Gasteiger partial charge in [0.05, 0.1) is 22.8 Å². The number of anilines is 1. The molecule has 2 unspecified atom stereocenters. The van der Waals surface area contributed by atoms with E-state index in [0.717, 1.165) is 49.6 Å². The topological polar surface area (TPSA) is 94.9 Å². The second kappa shape index (κ2) is 9.37. The number of nitrogens with one attached hydrogen (secondary N) is 2. The van der Waals surface area contributed by atoms with Gasteiger partial charge < -0.3 is 20.4 Å². The van der Waals surface area contributed by atoms with Crippen LogP contribution in [0, 0.1) is 0 Å². The molecule has 3 atom stereocenters. The van der Waals surface area contributed by atoms with Gasteiger partial charge in [-0.2, -0.15) is 18.3 Å². The number of carbonyl (C=O) groups excluding carboxylic acids is 2. The van der Waals surface area contributed by atoms with E-state index in [-0.39, 0.29) is 23.6 Å². The number of halogens is 3. The number of pyridine rings is 2. The highest BCUT2D eigenvalue weighted by atomic mass is 19.4. The van der Waals surface area contributed by atoms with Crippen molar-refractivity contribution in [3.8, 4) is 0 Å². The number of likely N-dealkylation sites (tertiary alicyclic amines) is 1. The van der Waals surface area contributed by atoms with Crippen molar-refractivity contribution in [3.05, 3.63) is 65.1 Å². The number of nitrogens with zero attached hydrogens (tertiary/aromatic N) is 5. The van der Waals surface area contributed by atoms with Crippen LogP contribution >= 0.6 is 0 Å². The summed E-state index contributed by atoms with van der Waals surface area (Å²) in [6.07, 6.45) is 3.92. The number of alkyl halides is 3. The van der Waals surface area contributed by atoms with Gasteiger partial charge in [0, 0.05) is 49.7 Å². The summed E-state index contributed by atoms with van der Waals surface area (Å²) in [5.41, 5.74) is 3.20. The zero-order chi connectivity index (χ0) is 27.5. The van der Waals surface area contributed by atoms with Gasteiger partial charge in [-0.05, 0) is 56.1 Å². The minimum atomic E-state index is -4.56. The Labute approximate surface area is 222 Å². The highest BCUT2D eigenvalue weighted by Gasteiger charge is 2.42. The minimum Gasteiger partial charge on any atom is -0.366 e. The van der Waals surface area contributed by atoms with Crippen LogP contribution in [0.3, 0.4) is 0 Å². The first-order chi connectivity index (χ1) is 18.6. The second-order valence-electron chi connectivity index (χ2n) is 10.5. The minimum absolute atomic E-state index is 0.0280. The number of piperazine rings is 1. The Hall–Kier alpha value is -3.93. The number of fused-ring (bicyclic) bond motifs is 4. The third kappa shape index (κ3) is 4.52. The quantitative estimate of drug-likeness (QED) is 0.529. The van der Waals surface area contributed by atoms with E-state index >= 15 is 0 Å². The Morgan fingerprint density at radius 3 is 2.62 bits per heavy atom. The molecule has 204 valence electrons. The van der Waals surface area contributed by atoms with Crippen molar-refractivity contribution in [3.63, 3.8) is 0 Å². The number of amides is 2. The van der Waals surface area contributed by atoms with Gasteiger partial charge in [-0.1, -0.05) is 6.08 Å². The van der Waals surface area contributed by atoms with Crippen LogP contribution in [0.15, 0.2) is 42.9 Å². The Morgan fingerprint density at radius 2 is 1.90 bits per heavy atom. The van der Waals surface area contributed by atoms with Gasteiger partial charge in [-0.3, -0.25) is 9.59 Å². The maximum atomic E-state index is 13.6. The second-order valence-corrected chi connectivity index (χ2v) is 10.5. The lowest BCUT2D eigenvalue weighted by atomic mass is 9.94. The summed E-state index contributed by atoms with van der Waals surface area (Å²) in [7, 11) is 2.08. The third-order valence-corrected chi connectivity index (χ3v) is 7.82. The van der Waals surface area contributed by atoms with Crippen molar-refractivity contribution in [2.24, 2.45) is 0 Å². The summed E-state index contributed by atoms with van der Waals surface area (Å²) in [5, 5.41) is 9.36. The first kappa shape index (κ1) is 25.4. The van der Waals surface area contributed by atoms with Crippen molar-refractivity contribution in [2.75, 3.05) is 32.0 Å². The zero-order valence-corrected chi connectivity index (χ0v) is 21.5. The number of rotatable bonds is 4. The van der Waals surface area contributed by atoms with Crippen LogP contribution < -0.4 is 10.6 Å². The molecule has 2 N–H and O–H groups in total. The van der Waals surface area contributed by atoms with E-state index in [1.54, 1.807) is 18.5 Å². The average Bonchev–Trinajstić information content (AvgIpc) is 3.45. The van der Waals surface area contributed by atoms with Gasteiger partial charge in [0.15, 0.2) is 0 Å². The molecular weight excluding hydrogens is 511 g/mol. The summed E-state index contributed by atoms with van der Waals surface area (Å²) in [4.78, 5) is 35.1. The molecule has 2 bridgehead atoms. The van der Waals surface area contributed by atoms with E-state index in [0.29, 0.717) is 23.4 Å². The van der Waals surface area contributed by atoms with E-state index in [1.165, 1.54) is 10.7 Å². The van der Waals surface area contributed by atoms with Crippen LogP contribution in [-0.4, -0.2) is 87.2 Å². The molecule has 3 aliphatic heterocycles. The number of carbonyl (C=O) groups is 2. The molecule has 3 aliphatic rings. The lowest BCUT2D eigenvalue weighted by molar-refractivity contribution is -0.149. The molecule has 2 fully saturated rings. The van der Waals surface area contributed by atoms with Crippen molar-refractivity contribution in [1.29, 1.82) is 0 Å². The van der Waals surface area contributed by atoms with Gasteiger partial charge in [-0.15, -0.1) is 0 Å². The first-order valence-corrected chi connectivity index (χ1v) is 12.9. The molecule has 12 heteroatoms. The highest BCUT2D eigenvalue weighted by molar-refractivity contribution is 6.02. The average molecular weight is 540 g/mol. The van der Waals surface area contributed by atoms with E-state index in [2.05, 4.69) is 27.3 Å². The van der Waals surface area contributed by atoms with Crippen molar-refractivity contribution in [2.45, 2.75) is 44.1 Å². The van der Waals surface area contributed by atoms with Crippen LogP contribution in [0.1, 0.15) is 51.6 Å². The molecule has 0 aliphatic carbocycles. The van der Waals surface area contributed by atoms with Gasteiger partial charge in [0.2, 0.25) is 0 Å². The summed E-state index contributed by atoms with van der Waals surface area (Å²) >= 11 is 0. The van der Waals surface area contributed by atoms with E-state index < -0.39 is 18.1 Å². The molecule has 0 aromatic carbocycles. The fourth-order valence-electron chi connectivity index (χ4n) is 5.83. The normalized spacial score (nSPS) is 21.8. The predicted molar refractivity (Wildman–Crippen MR) is 138 cm³/mol. The monoisotopic (exact) mass is 539 g/mol. The Kier molecular flexibility index (Phi) is 6.09. The molecule has 3 aromatic heterocycles. The van der Waals surface area contributed by atoms with Crippen LogP contribution in [0.5, 0.6) is 0 Å². The predicted octanol–water partition coefficient (Wildman–Crippen LogP) is 3.19. The maximum Gasteiger partial charge on any atom is 0.408 e. The van der Waals surface area contributed by atoms with Crippen LogP contribution in [0.4, 0.5) is 19.0 Å². The first-order valence-electron chi connectivity index (χ1n) is 12.9. The highest BCUT2D eigenvalue weighted by Crippen LogP contribution is 2.35. The van der Waals surface area contributed by atoms with Crippen LogP contribution in [0.25, 0.3) is 11.1 Å². The molecule has 2 saturated heterocycles. The summed E-state index contributed by atoms with van der Waals surface area (Å²) < 4.78 is 40.4. The fraction of sp³-hybridized carbons (Fsp3) is 0.407. The molecule has 2 amide bonds. The number of hydrogen-bond donors (Lipinski definition) is 2. The standard InChI is InChI=1S/C27H28F3N7O2/c1-15(27(28,29)30)34-25(38)22-12-33-36-8-6-16(10-23(22)36)20-5-7-31-24-21(20)9-17(11-32-24)26(39)37-18-3-4-19(37)14-35(2)13-18/h5-6,8-12,15,18-19H,3-4,7,13-14H2,1-2H3,(H,31,32)(H,34,38)/t15-,18?,19?/m1/s1. The van der Waals surface area contributed by atoms with E-state index in [4.69, 9.17) is 0 Å². The molecule has 0 saturated carbocycles. The summed E-state index contributed by atoms with van der Waals surface area (Å²) in [5.74, 6) is -0.251.